The molecule has 0 saturated heterocycles. The normalized spacial score (nSPS) is 14.9. The molecular weight excluding hydrogens is 576 g/mol. The van der Waals surface area contributed by atoms with Crippen LogP contribution in [0.15, 0.2) is 83.8 Å². The largest absolute Gasteiger partial charge is 0.480 e. The van der Waals surface area contributed by atoms with Crippen LogP contribution in [-0.2, 0) is 39.1 Å². The van der Waals surface area contributed by atoms with Gasteiger partial charge in [0.25, 0.3) is 0 Å². The number of hydrogen-bond donors (Lipinski definition) is 2. The highest BCUT2D eigenvalue weighted by Gasteiger charge is 2.34. The van der Waals surface area contributed by atoms with Crippen molar-refractivity contribution < 1.29 is 27.9 Å². The van der Waals surface area contributed by atoms with Crippen LogP contribution in [0.2, 0.25) is 0 Å². The summed E-state index contributed by atoms with van der Waals surface area (Å²) in [5, 5.41) is 12.6. The summed E-state index contributed by atoms with van der Waals surface area (Å²) in [7, 11) is -3.71. The quantitative estimate of drug-likeness (QED) is 0.259. The van der Waals surface area contributed by atoms with Gasteiger partial charge in [0.05, 0.1) is 4.90 Å². The maximum Gasteiger partial charge on any atom is 0.407 e. The number of ether oxygens (including phenoxy) is 1. The predicted octanol–water partition coefficient (Wildman–Crippen LogP) is 5.85. The van der Waals surface area contributed by atoms with Crippen molar-refractivity contribution in [2.75, 3.05) is 6.61 Å². The maximum atomic E-state index is 13.4. The fraction of sp³-hybridized carbons (Fsp3) is 0.257. The number of benzene rings is 4. The number of sulfonamides is 1. The Morgan fingerprint density at radius 2 is 1.50 bits per heavy atom. The van der Waals surface area contributed by atoms with Crippen LogP contribution in [-0.4, -0.2) is 42.5 Å². The van der Waals surface area contributed by atoms with E-state index in [0.717, 1.165) is 55.6 Å². The van der Waals surface area contributed by atoms with E-state index in [2.05, 4.69) is 5.32 Å². The van der Waals surface area contributed by atoms with E-state index in [1.165, 1.54) is 4.31 Å². The van der Waals surface area contributed by atoms with Crippen LogP contribution in [0.5, 0.6) is 0 Å². The molecule has 2 N–H and O–H groups in total. The first-order chi connectivity index (χ1) is 21.0. The molecule has 9 heteroatoms. The lowest BCUT2D eigenvalue weighted by atomic mass is 9.91. The van der Waals surface area contributed by atoms with Crippen molar-refractivity contribution in [1.82, 2.24) is 9.62 Å². The topological polar surface area (TPSA) is 113 Å². The third-order valence-electron chi connectivity index (χ3n) is 8.85. The lowest BCUT2D eigenvalue weighted by molar-refractivity contribution is -0.139. The van der Waals surface area contributed by atoms with Crippen molar-refractivity contribution >= 4 is 22.1 Å². The molecule has 0 radical (unpaired) electrons. The number of aryl methyl sites for hydroxylation is 2. The average Bonchev–Trinajstić information content (AvgIpc) is 3.60. The summed E-state index contributed by atoms with van der Waals surface area (Å²) >= 11 is 0. The number of amides is 1. The third-order valence-corrected chi connectivity index (χ3v) is 10.7. The van der Waals surface area contributed by atoms with Gasteiger partial charge >= 0.3 is 12.1 Å². The minimum atomic E-state index is -3.71. The zero-order chi connectivity index (χ0) is 31.2. The molecule has 0 aromatic heterocycles. The van der Waals surface area contributed by atoms with Crippen LogP contribution in [0.3, 0.4) is 0 Å². The number of rotatable bonds is 8. The Kier molecular flexibility index (Phi) is 7.77. The zero-order valence-corrected chi connectivity index (χ0v) is 25.6. The van der Waals surface area contributed by atoms with E-state index in [1.807, 2.05) is 75.4 Å². The number of carbonyl (C=O) groups is 2. The minimum Gasteiger partial charge on any atom is -0.480 e. The van der Waals surface area contributed by atoms with Crippen LogP contribution in [0.1, 0.15) is 50.4 Å². The molecule has 4 aromatic rings. The lowest BCUT2D eigenvalue weighted by Gasteiger charge is -2.19. The Hall–Kier alpha value is -4.47. The van der Waals surface area contributed by atoms with Crippen LogP contribution in [0.25, 0.3) is 11.1 Å². The SMILES string of the molecule is Cc1ccc(S(=O)(=O)N2Cc3c(C)cc(C[C@@H](NC(=O)OCC4c5ccccc5-c5ccccc54)C(=O)O)c(C)c3C2)cc1. The fourth-order valence-electron chi connectivity index (χ4n) is 6.40. The smallest absolute Gasteiger partial charge is 0.407 e. The minimum absolute atomic E-state index is 0.0319. The molecule has 0 fully saturated rings. The molecule has 1 heterocycles. The predicted molar refractivity (Wildman–Crippen MR) is 167 cm³/mol. The Balaban J connectivity index is 1.16. The van der Waals surface area contributed by atoms with Gasteiger partial charge < -0.3 is 15.2 Å². The summed E-state index contributed by atoms with van der Waals surface area (Å²) in [5.41, 5.74) is 9.57. The van der Waals surface area contributed by atoms with Crippen molar-refractivity contribution in [2.45, 2.75) is 57.1 Å². The van der Waals surface area contributed by atoms with Crippen molar-refractivity contribution in [3.8, 4) is 11.1 Å². The second-order valence-corrected chi connectivity index (χ2v) is 13.5. The van der Waals surface area contributed by atoms with Gasteiger partial charge in [-0.25, -0.2) is 18.0 Å². The molecule has 1 atom stereocenters. The van der Waals surface area contributed by atoms with Gasteiger partial charge in [-0.05, 0) is 83.0 Å². The number of carboxylic acids is 1. The first-order valence-electron chi connectivity index (χ1n) is 14.6. The van der Waals surface area contributed by atoms with Gasteiger partial charge in [-0.15, -0.1) is 0 Å². The number of nitrogens with zero attached hydrogens (tertiary/aromatic N) is 1. The molecule has 1 aliphatic carbocycles. The average molecular weight is 611 g/mol. The Morgan fingerprint density at radius 3 is 2.11 bits per heavy atom. The Morgan fingerprint density at radius 1 is 0.909 bits per heavy atom. The van der Waals surface area contributed by atoms with E-state index in [1.54, 1.807) is 24.3 Å². The molecule has 44 heavy (non-hydrogen) atoms. The highest BCUT2D eigenvalue weighted by molar-refractivity contribution is 7.89. The number of carbonyl (C=O) groups excluding carboxylic acids is 1. The number of hydrogen-bond acceptors (Lipinski definition) is 5. The summed E-state index contributed by atoms with van der Waals surface area (Å²) in [5.74, 6) is -1.32. The van der Waals surface area contributed by atoms with Gasteiger partial charge in [0.1, 0.15) is 12.6 Å². The third kappa shape index (κ3) is 5.37. The second kappa shape index (κ2) is 11.6. The second-order valence-electron chi connectivity index (χ2n) is 11.6. The number of alkyl carbamates (subject to hydrolysis) is 1. The van der Waals surface area contributed by atoms with E-state index >= 15 is 0 Å². The maximum absolute atomic E-state index is 13.4. The molecule has 8 nitrogen and oxygen atoms in total. The van der Waals surface area contributed by atoms with E-state index in [0.29, 0.717) is 0 Å². The monoisotopic (exact) mass is 610 g/mol. The van der Waals surface area contributed by atoms with Gasteiger partial charge in [-0.3, -0.25) is 0 Å². The van der Waals surface area contributed by atoms with Crippen LogP contribution in [0.4, 0.5) is 4.79 Å². The molecule has 6 rings (SSSR count). The standard InChI is InChI=1S/C35H34N2O6S/c1-21-12-14-25(15-13-21)44(41,42)37-18-30-22(2)16-24(23(3)31(30)19-37)17-33(34(38)39)36-35(40)43-20-32-28-10-6-4-8-26(28)27-9-5-7-11-29(27)32/h4-16,32-33H,17-20H2,1-3H3,(H,36,40)(H,38,39)/t33-/m1/s1. The van der Waals surface area contributed by atoms with Crippen molar-refractivity contribution in [3.63, 3.8) is 0 Å². The van der Waals surface area contributed by atoms with E-state index in [9.17, 15) is 23.1 Å². The first-order valence-corrected chi connectivity index (χ1v) is 16.0. The molecule has 0 unspecified atom stereocenters. The fourth-order valence-corrected chi connectivity index (χ4v) is 7.78. The first kappa shape index (κ1) is 29.6. The summed E-state index contributed by atoms with van der Waals surface area (Å²) in [6.07, 6.45) is -0.769. The van der Waals surface area contributed by atoms with Gasteiger partial charge in [0, 0.05) is 25.4 Å². The number of aliphatic carboxylic acids is 1. The number of carboxylic acid groups (broad SMARTS) is 1. The summed E-state index contributed by atoms with van der Waals surface area (Å²) in [6, 6.07) is 23.5. The lowest BCUT2D eigenvalue weighted by Crippen LogP contribution is -2.43. The van der Waals surface area contributed by atoms with Gasteiger partial charge in [0.15, 0.2) is 0 Å². The number of nitrogens with one attached hydrogen (secondary N) is 1. The summed E-state index contributed by atoms with van der Waals surface area (Å²) in [6.45, 7) is 6.21. The molecule has 0 spiro atoms. The summed E-state index contributed by atoms with van der Waals surface area (Å²) < 4.78 is 33.8. The van der Waals surface area contributed by atoms with Gasteiger partial charge in [0.2, 0.25) is 10.0 Å². The highest BCUT2D eigenvalue weighted by Crippen LogP contribution is 2.44. The molecule has 1 amide bonds. The van der Waals surface area contributed by atoms with Gasteiger partial charge in [-0.1, -0.05) is 72.3 Å². The molecule has 4 aromatic carbocycles. The van der Waals surface area contributed by atoms with Crippen LogP contribution >= 0.6 is 0 Å². The van der Waals surface area contributed by atoms with Crippen LogP contribution in [0, 0.1) is 20.8 Å². The highest BCUT2D eigenvalue weighted by atomic mass is 32.2. The molecular formula is C35H34N2O6S. The molecule has 1 aliphatic heterocycles. The van der Waals surface area contributed by atoms with E-state index in [4.69, 9.17) is 4.74 Å². The summed E-state index contributed by atoms with van der Waals surface area (Å²) in [4.78, 5) is 25.4. The van der Waals surface area contributed by atoms with Crippen molar-refractivity contribution in [3.05, 3.63) is 123 Å². The van der Waals surface area contributed by atoms with Crippen molar-refractivity contribution in [1.29, 1.82) is 0 Å². The van der Waals surface area contributed by atoms with E-state index in [-0.39, 0.29) is 36.9 Å². The zero-order valence-electron chi connectivity index (χ0n) is 24.8. The Bertz CT molecular complexity index is 1840. The molecule has 0 saturated carbocycles. The van der Waals surface area contributed by atoms with Gasteiger partial charge in [-0.2, -0.15) is 4.31 Å². The molecule has 226 valence electrons. The van der Waals surface area contributed by atoms with Crippen molar-refractivity contribution in [2.24, 2.45) is 0 Å². The molecule has 2 aliphatic rings. The van der Waals surface area contributed by atoms with Crippen LogP contribution < -0.4 is 5.32 Å². The Labute approximate surface area is 257 Å². The van der Waals surface area contributed by atoms with E-state index < -0.39 is 28.1 Å². The number of fused-ring (bicyclic) bond motifs is 4. The molecule has 0 bridgehead atoms.